The molecule has 2 aliphatic heterocycles. The highest BCUT2D eigenvalue weighted by Crippen LogP contribution is 2.39. The predicted molar refractivity (Wildman–Crippen MR) is 114 cm³/mol. The SMILES string of the molecule is Cc1cc(-c2ccncc2)ccc1CN1CCC[C@@H]1c1ccc2c(c1)OCCO2. The summed E-state index contributed by atoms with van der Waals surface area (Å²) in [6.45, 7) is 5.59. The second-order valence-electron chi connectivity index (χ2n) is 7.91. The summed E-state index contributed by atoms with van der Waals surface area (Å²) >= 11 is 0. The van der Waals surface area contributed by atoms with Crippen LogP contribution in [0.4, 0.5) is 0 Å². The molecule has 29 heavy (non-hydrogen) atoms. The number of aryl methyl sites for hydroxylation is 1. The molecule has 0 N–H and O–H groups in total. The summed E-state index contributed by atoms with van der Waals surface area (Å²) < 4.78 is 11.5. The Balaban J connectivity index is 1.36. The lowest BCUT2D eigenvalue weighted by Gasteiger charge is -2.27. The lowest BCUT2D eigenvalue weighted by Crippen LogP contribution is -2.23. The van der Waals surface area contributed by atoms with Crippen LogP contribution in [-0.4, -0.2) is 29.6 Å². The molecule has 3 aromatic rings. The first kappa shape index (κ1) is 18.2. The van der Waals surface area contributed by atoms with Gasteiger partial charge in [-0.1, -0.05) is 24.3 Å². The lowest BCUT2D eigenvalue weighted by atomic mass is 9.99. The number of hydrogen-bond donors (Lipinski definition) is 0. The van der Waals surface area contributed by atoms with E-state index in [0.29, 0.717) is 19.3 Å². The average molecular weight is 386 g/mol. The zero-order valence-electron chi connectivity index (χ0n) is 16.8. The quantitative estimate of drug-likeness (QED) is 0.620. The van der Waals surface area contributed by atoms with Crippen molar-refractivity contribution in [2.75, 3.05) is 19.8 Å². The van der Waals surface area contributed by atoms with Gasteiger partial charge in [-0.05, 0) is 78.4 Å². The second-order valence-corrected chi connectivity index (χ2v) is 7.91. The summed E-state index contributed by atoms with van der Waals surface area (Å²) in [5, 5.41) is 0. The van der Waals surface area contributed by atoms with Gasteiger partial charge in [0.2, 0.25) is 0 Å². The number of hydrogen-bond acceptors (Lipinski definition) is 4. The molecule has 1 fully saturated rings. The smallest absolute Gasteiger partial charge is 0.161 e. The first-order valence-corrected chi connectivity index (χ1v) is 10.4. The van der Waals surface area contributed by atoms with E-state index in [1.54, 1.807) is 0 Å². The maximum Gasteiger partial charge on any atom is 0.161 e. The summed E-state index contributed by atoms with van der Waals surface area (Å²) in [6, 6.07) is 17.8. The van der Waals surface area contributed by atoms with Crippen LogP contribution in [0.3, 0.4) is 0 Å². The van der Waals surface area contributed by atoms with Gasteiger partial charge in [-0.2, -0.15) is 0 Å². The van der Waals surface area contributed by atoms with Crippen molar-refractivity contribution in [1.29, 1.82) is 0 Å². The third-order valence-electron chi connectivity index (χ3n) is 6.04. The molecule has 1 atom stereocenters. The molecule has 2 aliphatic rings. The summed E-state index contributed by atoms with van der Waals surface area (Å²) in [7, 11) is 0. The number of pyridine rings is 1. The Kier molecular flexibility index (Phi) is 4.94. The number of rotatable bonds is 4. The Morgan fingerprint density at radius 3 is 2.59 bits per heavy atom. The Bertz CT molecular complexity index is 1000. The van der Waals surface area contributed by atoms with Crippen molar-refractivity contribution < 1.29 is 9.47 Å². The highest BCUT2D eigenvalue weighted by molar-refractivity contribution is 5.64. The number of likely N-dealkylation sites (tertiary alicyclic amines) is 1. The van der Waals surface area contributed by atoms with Crippen LogP contribution in [0.15, 0.2) is 60.9 Å². The van der Waals surface area contributed by atoms with Crippen LogP contribution in [0, 0.1) is 6.92 Å². The van der Waals surface area contributed by atoms with Gasteiger partial charge in [-0.15, -0.1) is 0 Å². The van der Waals surface area contributed by atoms with Gasteiger partial charge in [-0.3, -0.25) is 9.88 Å². The molecule has 1 saturated heterocycles. The highest BCUT2D eigenvalue weighted by atomic mass is 16.6. The fraction of sp³-hybridized carbons (Fsp3) is 0.320. The first-order valence-electron chi connectivity index (χ1n) is 10.4. The van der Waals surface area contributed by atoms with Crippen molar-refractivity contribution in [3.63, 3.8) is 0 Å². The van der Waals surface area contributed by atoms with Gasteiger partial charge in [0.05, 0.1) is 0 Å². The van der Waals surface area contributed by atoms with E-state index in [4.69, 9.17) is 9.47 Å². The third kappa shape index (κ3) is 3.73. The normalized spacial score (nSPS) is 18.7. The van der Waals surface area contributed by atoms with Crippen LogP contribution in [0.25, 0.3) is 11.1 Å². The zero-order valence-corrected chi connectivity index (χ0v) is 16.8. The third-order valence-corrected chi connectivity index (χ3v) is 6.04. The maximum atomic E-state index is 5.80. The first-order chi connectivity index (χ1) is 14.3. The number of ether oxygens (including phenoxy) is 2. The number of benzene rings is 2. The van der Waals surface area contributed by atoms with E-state index in [9.17, 15) is 0 Å². The van der Waals surface area contributed by atoms with Crippen LogP contribution < -0.4 is 9.47 Å². The minimum Gasteiger partial charge on any atom is -0.486 e. The van der Waals surface area contributed by atoms with Crippen LogP contribution in [-0.2, 0) is 6.54 Å². The van der Waals surface area contributed by atoms with Crippen LogP contribution in [0.5, 0.6) is 11.5 Å². The van der Waals surface area contributed by atoms with E-state index in [-0.39, 0.29) is 0 Å². The molecule has 0 spiro atoms. The molecule has 5 rings (SSSR count). The molecule has 1 aromatic heterocycles. The topological polar surface area (TPSA) is 34.6 Å². The van der Waals surface area contributed by atoms with Crippen molar-refractivity contribution in [2.45, 2.75) is 32.4 Å². The lowest BCUT2D eigenvalue weighted by molar-refractivity contribution is 0.170. The molecular weight excluding hydrogens is 360 g/mol. The molecule has 0 amide bonds. The van der Waals surface area contributed by atoms with Crippen molar-refractivity contribution in [3.05, 3.63) is 77.6 Å². The van der Waals surface area contributed by atoms with E-state index in [1.165, 1.54) is 40.7 Å². The van der Waals surface area contributed by atoms with Crippen LogP contribution in [0.1, 0.15) is 35.6 Å². The van der Waals surface area contributed by atoms with Crippen molar-refractivity contribution in [3.8, 4) is 22.6 Å². The Morgan fingerprint density at radius 2 is 1.76 bits per heavy atom. The molecule has 0 radical (unpaired) electrons. The van der Waals surface area contributed by atoms with Gasteiger partial charge in [0.25, 0.3) is 0 Å². The standard InChI is InChI=1S/C25H26N2O2/c1-18-15-20(19-8-10-26-11-9-19)4-5-22(18)17-27-12-2-3-23(27)21-6-7-24-25(16-21)29-14-13-28-24/h4-11,15-16,23H,2-3,12-14,17H2,1H3/t23-/m1/s1. The number of nitrogens with zero attached hydrogens (tertiary/aromatic N) is 2. The van der Waals surface area contributed by atoms with E-state index < -0.39 is 0 Å². The molecular formula is C25H26N2O2. The summed E-state index contributed by atoms with van der Waals surface area (Å²) in [5.41, 5.74) is 6.53. The number of fused-ring (bicyclic) bond motifs is 1. The summed E-state index contributed by atoms with van der Waals surface area (Å²) in [5.74, 6) is 1.76. The van der Waals surface area contributed by atoms with Crippen molar-refractivity contribution in [2.24, 2.45) is 0 Å². The van der Waals surface area contributed by atoms with Gasteiger partial charge < -0.3 is 9.47 Å². The van der Waals surface area contributed by atoms with Crippen LogP contribution >= 0.6 is 0 Å². The Morgan fingerprint density at radius 1 is 0.931 bits per heavy atom. The molecule has 4 heteroatoms. The molecule has 2 aromatic carbocycles. The van der Waals surface area contributed by atoms with E-state index in [1.807, 2.05) is 12.4 Å². The molecule has 148 valence electrons. The minimum atomic E-state index is 0.435. The Labute approximate surface area is 172 Å². The minimum absolute atomic E-state index is 0.435. The average Bonchev–Trinajstić information content (AvgIpc) is 3.23. The van der Waals surface area contributed by atoms with Gasteiger partial charge in [0.1, 0.15) is 13.2 Å². The molecule has 0 bridgehead atoms. The van der Waals surface area contributed by atoms with E-state index >= 15 is 0 Å². The predicted octanol–water partition coefficient (Wildman–Crippen LogP) is 5.17. The number of aromatic nitrogens is 1. The monoisotopic (exact) mass is 386 g/mol. The largest absolute Gasteiger partial charge is 0.486 e. The maximum absolute atomic E-state index is 5.80. The summed E-state index contributed by atoms with van der Waals surface area (Å²) in [6.07, 6.45) is 6.11. The molecule has 0 aliphatic carbocycles. The van der Waals surface area contributed by atoms with Gasteiger partial charge in [0, 0.05) is 25.0 Å². The van der Waals surface area contributed by atoms with E-state index in [0.717, 1.165) is 24.6 Å². The Hall–Kier alpha value is -2.85. The fourth-order valence-electron chi connectivity index (χ4n) is 4.48. The fourth-order valence-corrected chi connectivity index (χ4v) is 4.48. The molecule has 0 unspecified atom stereocenters. The van der Waals surface area contributed by atoms with Gasteiger partial charge in [0.15, 0.2) is 11.5 Å². The van der Waals surface area contributed by atoms with Crippen LogP contribution in [0.2, 0.25) is 0 Å². The summed E-state index contributed by atoms with van der Waals surface area (Å²) in [4.78, 5) is 6.72. The van der Waals surface area contributed by atoms with E-state index in [2.05, 4.69) is 65.3 Å². The second kappa shape index (κ2) is 7.88. The van der Waals surface area contributed by atoms with Crippen molar-refractivity contribution >= 4 is 0 Å². The van der Waals surface area contributed by atoms with Gasteiger partial charge in [-0.25, -0.2) is 0 Å². The molecule has 4 nitrogen and oxygen atoms in total. The molecule has 3 heterocycles. The van der Waals surface area contributed by atoms with Crippen molar-refractivity contribution in [1.82, 2.24) is 9.88 Å². The zero-order chi connectivity index (χ0) is 19.6. The van der Waals surface area contributed by atoms with Gasteiger partial charge >= 0.3 is 0 Å². The highest BCUT2D eigenvalue weighted by Gasteiger charge is 2.27. The molecule has 0 saturated carbocycles.